The molecular formula is C17H24Cl2N4O. The van der Waals surface area contributed by atoms with Crippen LogP contribution in [0.3, 0.4) is 0 Å². The van der Waals surface area contributed by atoms with Gasteiger partial charge in [-0.1, -0.05) is 23.7 Å². The second-order valence-corrected chi connectivity index (χ2v) is 6.29. The zero-order chi connectivity index (χ0) is 16.1. The van der Waals surface area contributed by atoms with Gasteiger partial charge in [-0.25, -0.2) is 0 Å². The number of ether oxygens (including phenoxy) is 1. The van der Waals surface area contributed by atoms with Gasteiger partial charge in [0.05, 0.1) is 19.3 Å². The fourth-order valence-electron chi connectivity index (χ4n) is 3.01. The number of nitrogens with one attached hydrogen (secondary N) is 1. The van der Waals surface area contributed by atoms with Gasteiger partial charge in [-0.3, -0.25) is 9.58 Å². The number of methoxy groups -OCH3 is 1. The lowest BCUT2D eigenvalue weighted by Gasteiger charge is -2.36. The highest BCUT2D eigenvalue weighted by Crippen LogP contribution is 2.26. The molecule has 7 heteroatoms. The summed E-state index contributed by atoms with van der Waals surface area (Å²) in [6, 6.07) is 8.50. The molecule has 1 atom stereocenters. The fourth-order valence-corrected chi connectivity index (χ4v) is 3.21. The van der Waals surface area contributed by atoms with Crippen LogP contribution in [0.15, 0.2) is 36.7 Å². The van der Waals surface area contributed by atoms with Crippen LogP contribution in [0.2, 0.25) is 5.02 Å². The van der Waals surface area contributed by atoms with Crippen molar-refractivity contribution in [1.29, 1.82) is 0 Å². The predicted octanol–water partition coefficient (Wildman–Crippen LogP) is 2.75. The van der Waals surface area contributed by atoms with Crippen molar-refractivity contribution in [3.63, 3.8) is 0 Å². The van der Waals surface area contributed by atoms with Crippen molar-refractivity contribution < 1.29 is 4.74 Å². The van der Waals surface area contributed by atoms with Crippen LogP contribution < -0.4 is 5.32 Å². The van der Waals surface area contributed by atoms with E-state index in [2.05, 4.69) is 33.6 Å². The Morgan fingerprint density at radius 2 is 2.29 bits per heavy atom. The Balaban J connectivity index is 0.00000208. The summed E-state index contributed by atoms with van der Waals surface area (Å²) in [7, 11) is 1.71. The Kier molecular flexibility index (Phi) is 7.52. The Hall–Kier alpha value is -1.11. The molecule has 0 spiro atoms. The Morgan fingerprint density at radius 1 is 1.42 bits per heavy atom. The molecule has 0 radical (unpaired) electrons. The van der Waals surface area contributed by atoms with E-state index in [9.17, 15) is 0 Å². The first kappa shape index (κ1) is 19.2. The largest absolute Gasteiger partial charge is 0.383 e. The molecule has 132 valence electrons. The first-order valence-electron chi connectivity index (χ1n) is 7.97. The highest BCUT2D eigenvalue weighted by molar-refractivity contribution is 6.30. The Bertz CT molecular complexity index is 635. The highest BCUT2D eigenvalue weighted by atomic mass is 35.5. The number of benzene rings is 1. The van der Waals surface area contributed by atoms with Crippen LogP contribution >= 0.6 is 24.0 Å². The molecule has 1 N–H and O–H groups in total. The van der Waals surface area contributed by atoms with Gasteiger partial charge in [0.1, 0.15) is 0 Å². The van der Waals surface area contributed by atoms with Crippen molar-refractivity contribution in [3.8, 4) is 0 Å². The number of halogens is 2. The number of hydrogen-bond acceptors (Lipinski definition) is 4. The van der Waals surface area contributed by atoms with E-state index in [1.807, 2.05) is 23.0 Å². The summed E-state index contributed by atoms with van der Waals surface area (Å²) in [5, 5.41) is 8.68. The molecule has 0 saturated carbocycles. The van der Waals surface area contributed by atoms with Gasteiger partial charge in [0, 0.05) is 56.1 Å². The third-order valence-corrected chi connectivity index (χ3v) is 4.42. The van der Waals surface area contributed by atoms with E-state index in [1.165, 1.54) is 11.1 Å². The van der Waals surface area contributed by atoms with Crippen LogP contribution in [0.25, 0.3) is 0 Å². The summed E-state index contributed by atoms with van der Waals surface area (Å²) in [6.07, 6.45) is 4.06. The highest BCUT2D eigenvalue weighted by Gasteiger charge is 2.24. The second kappa shape index (κ2) is 9.39. The number of aromatic nitrogens is 2. The summed E-state index contributed by atoms with van der Waals surface area (Å²) in [5.74, 6) is 0. The van der Waals surface area contributed by atoms with E-state index in [4.69, 9.17) is 16.3 Å². The first-order valence-corrected chi connectivity index (χ1v) is 8.34. The number of piperazine rings is 1. The lowest BCUT2D eigenvalue weighted by Crippen LogP contribution is -2.45. The molecule has 1 aromatic carbocycles. The van der Waals surface area contributed by atoms with E-state index in [1.54, 1.807) is 7.11 Å². The molecule has 5 nitrogen and oxygen atoms in total. The average molecular weight is 371 g/mol. The minimum Gasteiger partial charge on any atom is -0.383 e. The maximum atomic E-state index is 6.16. The maximum absolute atomic E-state index is 6.16. The minimum atomic E-state index is 0. The zero-order valence-electron chi connectivity index (χ0n) is 13.8. The third kappa shape index (κ3) is 4.94. The smallest absolute Gasteiger partial charge is 0.0658 e. The molecule has 0 aliphatic carbocycles. The molecule has 0 bridgehead atoms. The van der Waals surface area contributed by atoms with Crippen LogP contribution in [0.4, 0.5) is 0 Å². The normalized spacial score (nSPS) is 18.3. The number of hydrogen-bond donors (Lipinski definition) is 1. The predicted molar refractivity (Wildman–Crippen MR) is 98.8 cm³/mol. The molecular weight excluding hydrogens is 347 g/mol. The van der Waals surface area contributed by atoms with Gasteiger partial charge in [0.2, 0.25) is 0 Å². The standard InChI is InChI=1S/C17H23ClN4O.ClH/c1-23-8-7-22-13-14(10-20-22)12-21-6-5-19-11-17(21)15-3-2-4-16(18)9-15;/h2-4,9-10,13,17,19H,5-8,11-12H2,1H3;1H. The van der Waals surface area contributed by atoms with Crippen molar-refractivity contribution >= 4 is 24.0 Å². The topological polar surface area (TPSA) is 42.3 Å². The molecule has 1 fully saturated rings. The Labute approximate surface area is 154 Å². The molecule has 1 aromatic heterocycles. The van der Waals surface area contributed by atoms with E-state index in [0.717, 1.165) is 37.7 Å². The van der Waals surface area contributed by atoms with Crippen molar-refractivity contribution in [3.05, 3.63) is 52.8 Å². The van der Waals surface area contributed by atoms with Crippen LogP contribution in [0.5, 0.6) is 0 Å². The molecule has 3 rings (SSSR count). The minimum absolute atomic E-state index is 0. The van der Waals surface area contributed by atoms with Gasteiger partial charge in [-0.15, -0.1) is 12.4 Å². The summed E-state index contributed by atoms with van der Waals surface area (Å²) in [4.78, 5) is 2.49. The summed E-state index contributed by atoms with van der Waals surface area (Å²) >= 11 is 6.16. The number of nitrogens with zero attached hydrogens (tertiary/aromatic N) is 3. The quantitative estimate of drug-likeness (QED) is 0.848. The lowest BCUT2D eigenvalue weighted by atomic mass is 10.0. The van der Waals surface area contributed by atoms with Crippen molar-refractivity contribution in [2.45, 2.75) is 19.1 Å². The summed E-state index contributed by atoms with van der Waals surface area (Å²) in [6.45, 7) is 5.33. The van der Waals surface area contributed by atoms with Crippen LogP contribution in [-0.2, 0) is 17.8 Å². The average Bonchev–Trinajstić information content (AvgIpc) is 3.01. The molecule has 0 amide bonds. The van der Waals surface area contributed by atoms with Crippen LogP contribution in [-0.4, -0.2) is 48.0 Å². The van der Waals surface area contributed by atoms with Gasteiger partial charge in [-0.05, 0) is 17.7 Å². The zero-order valence-corrected chi connectivity index (χ0v) is 15.4. The molecule has 2 heterocycles. The van der Waals surface area contributed by atoms with Gasteiger partial charge in [0.15, 0.2) is 0 Å². The monoisotopic (exact) mass is 370 g/mol. The third-order valence-electron chi connectivity index (χ3n) is 4.18. The first-order chi connectivity index (χ1) is 11.3. The fraction of sp³-hybridized carbons (Fsp3) is 0.471. The molecule has 1 aliphatic heterocycles. The van der Waals surface area contributed by atoms with Crippen molar-refractivity contribution in [2.75, 3.05) is 33.4 Å². The van der Waals surface area contributed by atoms with Crippen LogP contribution in [0.1, 0.15) is 17.2 Å². The molecule has 2 aromatic rings. The molecule has 1 unspecified atom stereocenters. The van der Waals surface area contributed by atoms with E-state index < -0.39 is 0 Å². The Morgan fingerprint density at radius 3 is 3.08 bits per heavy atom. The van der Waals surface area contributed by atoms with Crippen molar-refractivity contribution in [2.24, 2.45) is 0 Å². The van der Waals surface area contributed by atoms with Gasteiger partial charge in [0.25, 0.3) is 0 Å². The molecule has 1 aliphatic rings. The van der Waals surface area contributed by atoms with Crippen LogP contribution in [0, 0.1) is 0 Å². The number of rotatable bonds is 6. The molecule has 24 heavy (non-hydrogen) atoms. The summed E-state index contributed by atoms with van der Waals surface area (Å²) in [5.41, 5.74) is 2.49. The van der Waals surface area contributed by atoms with Gasteiger partial charge < -0.3 is 10.1 Å². The summed E-state index contributed by atoms with van der Waals surface area (Å²) < 4.78 is 7.04. The van der Waals surface area contributed by atoms with Gasteiger partial charge in [-0.2, -0.15) is 5.10 Å². The molecule has 1 saturated heterocycles. The lowest BCUT2D eigenvalue weighted by molar-refractivity contribution is 0.153. The van der Waals surface area contributed by atoms with Crippen molar-refractivity contribution in [1.82, 2.24) is 20.0 Å². The van der Waals surface area contributed by atoms with Gasteiger partial charge >= 0.3 is 0 Å². The SMILES string of the molecule is COCCn1cc(CN2CCNCC2c2cccc(Cl)c2)cn1.Cl. The van der Waals surface area contributed by atoms with E-state index in [0.29, 0.717) is 12.6 Å². The maximum Gasteiger partial charge on any atom is 0.0658 e. The van der Waals surface area contributed by atoms with E-state index >= 15 is 0 Å². The van der Waals surface area contributed by atoms with E-state index in [-0.39, 0.29) is 12.4 Å². The second-order valence-electron chi connectivity index (χ2n) is 5.85.